The molecule has 8 heteroatoms. The molecule has 28 heavy (non-hydrogen) atoms. The zero-order valence-electron chi connectivity index (χ0n) is 16.0. The molecule has 1 N–H and O–H groups in total. The number of nitrogens with one attached hydrogen (secondary N) is 1. The molecule has 7 nitrogen and oxygen atoms in total. The zero-order valence-corrected chi connectivity index (χ0v) is 16.8. The highest BCUT2D eigenvalue weighted by atomic mass is 32.2. The van der Waals surface area contributed by atoms with Gasteiger partial charge in [0.2, 0.25) is 5.91 Å². The van der Waals surface area contributed by atoms with Crippen LogP contribution in [0.1, 0.15) is 25.5 Å². The van der Waals surface area contributed by atoms with Gasteiger partial charge in [0.1, 0.15) is 11.5 Å². The van der Waals surface area contributed by atoms with Crippen molar-refractivity contribution in [3.63, 3.8) is 0 Å². The van der Waals surface area contributed by atoms with Gasteiger partial charge < -0.3 is 14.5 Å². The van der Waals surface area contributed by atoms with E-state index in [0.717, 1.165) is 6.42 Å². The molecule has 3 rings (SSSR count). The van der Waals surface area contributed by atoms with Crippen molar-refractivity contribution in [1.82, 2.24) is 4.90 Å². The Bertz CT molecular complexity index is 880. The molecule has 1 atom stereocenters. The molecule has 1 unspecified atom stereocenters. The molecule has 0 aliphatic carbocycles. The van der Waals surface area contributed by atoms with Crippen LogP contribution in [0.2, 0.25) is 0 Å². The fraction of sp³-hybridized carbons (Fsp3) is 0.450. The number of para-hydroxylation sites is 2. The minimum absolute atomic E-state index is 0.0667. The Morgan fingerprint density at radius 1 is 1.29 bits per heavy atom. The lowest BCUT2D eigenvalue weighted by Gasteiger charge is -2.26. The Morgan fingerprint density at radius 3 is 2.79 bits per heavy atom. The maximum atomic E-state index is 12.7. The average molecular weight is 407 g/mol. The molecular formula is C20H26N2O5S. The van der Waals surface area contributed by atoms with Crippen molar-refractivity contribution in [2.24, 2.45) is 0 Å². The van der Waals surface area contributed by atoms with Gasteiger partial charge in [0, 0.05) is 6.04 Å². The monoisotopic (exact) mass is 406 g/mol. The third-order valence-electron chi connectivity index (χ3n) is 4.63. The lowest BCUT2D eigenvalue weighted by molar-refractivity contribution is -0.118. The summed E-state index contributed by atoms with van der Waals surface area (Å²) in [5.74, 6) is 1.32. The van der Waals surface area contributed by atoms with Gasteiger partial charge in [-0.15, -0.1) is 0 Å². The molecule has 1 aliphatic rings. The molecule has 2 heterocycles. The predicted molar refractivity (Wildman–Crippen MR) is 107 cm³/mol. The van der Waals surface area contributed by atoms with E-state index >= 15 is 0 Å². The average Bonchev–Trinajstić information content (AvgIpc) is 3.29. The lowest BCUT2D eigenvalue weighted by Crippen LogP contribution is -2.41. The van der Waals surface area contributed by atoms with Gasteiger partial charge in [-0.2, -0.15) is 0 Å². The molecule has 1 aromatic heterocycles. The Labute approximate surface area is 165 Å². The second-order valence-corrected chi connectivity index (χ2v) is 9.16. The molecule has 1 fully saturated rings. The third kappa shape index (κ3) is 5.59. The van der Waals surface area contributed by atoms with Crippen LogP contribution in [-0.2, 0) is 21.2 Å². The zero-order chi connectivity index (χ0) is 20.0. The molecule has 1 saturated heterocycles. The summed E-state index contributed by atoms with van der Waals surface area (Å²) >= 11 is 0. The molecule has 1 aliphatic heterocycles. The predicted octanol–water partition coefficient (Wildman–Crippen LogP) is 2.70. The van der Waals surface area contributed by atoms with Gasteiger partial charge in [-0.05, 0) is 37.1 Å². The first-order valence-electron chi connectivity index (χ1n) is 9.45. The van der Waals surface area contributed by atoms with Gasteiger partial charge >= 0.3 is 0 Å². The maximum absolute atomic E-state index is 12.7. The van der Waals surface area contributed by atoms with Crippen molar-refractivity contribution in [1.29, 1.82) is 0 Å². The number of nitrogens with zero attached hydrogens (tertiary/aromatic N) is 1. The number of furan rings is 1. The quantitative estimate of drug-likeness (QED) is 0.689. The van der Waals surface area contributed by atoms with E-state index in [9.17, 15) is 13.2 Å². The van der Waals surface area contributed by atoms with Crippen molar-refractivity contribution in [3.8, 4) is 5.75 Å². The van der Waals surface area contributed by atoms with Crippen LogP contribution in [0.5, 0.6) is 5.75 Å². The summed E-state index contributed by atoms with van der Waals surface area (Å²) in [4.78, 5) is 14.6. The van der Waals surface area contributed by atoms with E-state index < -0.39 is 9.84 Å². The molecule has 2 aromatic rings. The number of anilines is 1. The van der Waals surface area contributed by atoms with Gasteiger partial charge in [0.25, 0.3) is 0 Å². The summed E-state index contributed by atoms with van der Waals surface area (Å²) in [6.45, 7) is 3.04. The van der Waals surface area contributed by atoms with Crippen LogP contribution in [0.25, 0.3) is 0 Å². The second-order valence-electron chi connectivity index (χ2n) is 6.93. The summed E-state index contributed by atoms with van der Waals surface area (Å²) in [6, 6.07) is 10.7. The standard InChI is InChI=1S/C20H26N2O5S/c1-2-10-27-19-8-4-3-7-18(19)21-20(23)14-22(13-17-6-5-11-26-17)16-9-12-28(24,25)15-16/h3-8,11,16H,2,9-10,12-15H2,1H3,(H,21,23). The fourth-order valence-corrected chi connectivity index (χ4v) is 5.02. The van der Waals surface area contributed by atoms with Crippen LogP contribution in [0, 0.1) is 0 Å². The number of benzene rings is 1. The molecule has 1 amide bonds. The SMILES string of the molecule is CCCOc1ccccc1NC(=O)CN(Cc1ccco1)C1CCS(=O)(=O)C1. The van der Waals surface area contributed by atoms with Crippen molar-refractivity contribution < 1.29 is 22.4 Å². The van der Waals surface area contributed by atoms with Crippen LogP contribution in [0.4, 0.5) is 5.69 Å². The number of ether oxygens (including phenoxy) is 1. The van der Waals surface area contributed by atoms with E-state index in [1.54, 1.807) is 18.4 Å². The van der Waals surface area contributed by atoms with Crippen LogP contribution in [-0.4, -0.2) is 49.9 Å². The Hall–Kier alpha value is -2.32. The number of hydrogen-bond acceptors (Lipinski definition) is 6. The van der Waals surface area contributed by atoms with Crippen molar-refractivity contribution >= 4 is 21.4 Å². The highest BCUT2D eigenvalue weighted by Gasteiger charge is 2.33. The Kier molecular flexibility index (Phi) is 6.74. The number of hydrogen-bond donors (Lipinski definition) is 1. The van der Waals surface area contributed by atoms with Gasteiger partial charge in [-0.1, -0.05) is 19.1 Å². The van der Waals surface area contributed by atoms with Gasteiger partial charge in [0.15, 0.2) is 9.84 Å². The van der Waals surface area contributed by atoms with Crippen LogP contribution >= 0.6 is 0 Å². The molecule has 0 saturated carbocycles. The van der Waals surface area contributed by atoms with E-state index in [2.05, 4.69) is 5.32 Å². The number of amides is 1. The van der Waals surface area contributed by atoms with E-state index in [1.807, 2.05) is 36.1 Å². The highest BCUT2D eigenvalue weighted by molar-refractivity contribution is 7.91. The molecular weight excluding hydrogens is 380 g/mol. The number of rotatable bonds is 9. The van der Waals surface area contributed by atoms with Gasteiger partial charge in [0.05, 0.1) is 43.2 Å². The van der Waals surface area contributed by atoms with E-state index in [4.69, 9.17) is 9.15 Å². The van der Waals surface area contributed by atoms with Crippen LogP contribution < -0.4 is 10.1 Å². The Morgan fingerprint density at radius 2 is 2.11 bits per heavy atom. The fourth-order valence-electron chi connectivity index (χ4n) is 3.26. The van der Waals surface area contributed by atoms with Crippen molar-refractivity contribution in [2.45, 2.75) is 32.4 Å². The molecule has 0 spiro atoms. The summed E-state index contributed by atoms with van der Waals surface area (Å²) < 4.78 is 34.9. The minimum Gasteiger partial charge on any atom is -0.491 e. The first-order chi connectivity index (χ1) is 13.5. The second kappa shape index (κ2) is 9.25. The van der Waals surface area contributed by atoms with Crippen molar-refractivity contribution in [2.75, 3.05) is 30.0 Å². The maximum Gasteiger partial charge on any atom is 0.238 e. The number of carbonyl (C=O) groups is 1. The summed E-state index contributed by atoms with van der Waals surface area (Å²) in [6.07, 6.45) is 2.96. The summed E-state index contributed by atoms with van der Waals surface area (Å²) in [7, 11) is -3.06. The largest absolute Gasteiger partial charge is 0.491 e. The molecule has 152 valence electrons. The van der Waals surface area contributed by atoms with E-state index in [0.29, 0.717) is 36.8 Å². The first kappa shape index (κ1) is 20.4. The lowest BCUT2D eigenvalue weighted by atomic mass is 10.2. The molecule has 1 aromatic carbocycles. The summed E-state index contributed by atoms with van der Waals surface area (Å²) in [5.41, 5.74) is 0.609. The van der Waals surface area contributed by atoms with E-state index in [1.165, 1.54) is 0 Å². The highest BCUT2D eigenvalue weighted by Crippen LogP contribution is 2.25. The number of sulfone groups is 1. The molecule has 0 radical (unpaired) electrons. The molecule has 0 bridgehead atoms. The smallest absolute Gasteiger partial charge is 0.238 e. The van der Waals surface area contributed by atoms with Crippen LogP contribution in [0.15, 0.2) is 47.1 Å². The van der Waals surface area contributed by atoms with Gasteiger partial charge in [-0.25, -0.2) is 8.42 Å². The Balaban J connectivity index is 1.69. The first-order valence-corrected chi connectivity index (χ1v) is 11.3. The van der Waals surface area contributed by atoms with Gasteiger partial charge in [-0.3, -0.25) is 9.69 Å². The van der Waals surface area contributed by atoms with E-state index in [-0.39, 0.29) is 30.0 Å². The van der Waals surface area contributed by atoms with Crippen molar-refractivity contribution in [3.05, 3.63) is 48.4 Å². The third-order valence-corrected chi connectivity index (χ3v) is 6.38. The number of carbonyl (C=O) groups excluding carboxylic acids is 1. The normalized spacial score (nSPS) is 18.3. The summed E-state index contributed by atoms with van der Waals surface area (Å²) in [5, 5.41) is 2.89. The minimum atomic E-state index is -3.06. The topological polar surface area (TPSA) is 88.8 Å². The van der Waals surface area contributed by atoms with Crippen LogP contribution in [0.3, 0.4) is 0 Å².